The number of aliphatic hydroxyl groups is 1. The molecule has 1 atom stereocenters. The fourth-order valence-corrected chi connectivity index (χ4v) is 1.65. The average molecular weight is 305 g/mol. The molecule has 2 aromatic rings. The zero-order valence-electron chi connectivity index (χ0n) is 10.4. The average Bonchev–Trinajstić information content (AvgIpc) is 2.97. The minimum Gasteiger partial charge on any atom is -0.389 e. The predicted molar refractivity (Wildman–Crippen MR) is 62.1 cm³/mol. The van der Waals surface area contributed by atoms with E-state index < -0.39 is 22.9 Å². The molecule has 21 heavy (non-hydrogen) atoms. The Kier molecular flexibility index (Phi) is 3.93. The molecule has 8 nitrogen and oxygen atoms in total. The lowest BCUT2D eigenvalue weighted by Gasteiger charge is -2.10. The van der Waals surface area contributed by atoms with Crippen LogP contribution in [0.4, 0.5) is 18.9 Å². The van der Waals surface area contributed by atoms with Gasteiger partial charge in [0.2, 0.25) is 0 Å². The van der Waals surface area contributed by atoms with Crippen molar-refractivity contribution in [1.29, 1.82) is 0 Å². The first-order valence-electron chi connectivity index (χ1n) is 5.71. The molecule has 0 saturated heterocycles. The Morgan fingerprint density at radius 2 is 2.05 bits per heavy atom. The number of hydrogen-bond donors (Lipinski definition) is 1. The van der Waals surface area contributed by atoms with Gasteiger partial charge in [0.25, 0.3) is 0 Å². The lowest BCUT2D eigenvalue weighted by molar-refractivity contribution is -0.385. The van der Waals surface area contributed by atoms with Crippen LogP contribution in [0.5, 0.6) is 0 Å². The molecule has 0 aliphatic carbocycles. The second kappa shape index (κ2) is 5.52. The second-order valence-corrected chi connectivity index (χ2v) is 4.25. The van der Waals surface area contributed by atoms with E-state index in [2.05, 4.69) is 10.2 Å². The van der Waals surface area contributed by atoms with Gasteiger partial charge >= 0.3 is 11.9 Å². The van der Waals surface area contributed by atoms with E-state index in [9.17, 15) is 28.4 Å². The largest absolute Gasteiger partial charge is 0.435 e. The van der Waals surface area contributed by atoms with Crippen molar-refractivity contribution in [2.45, 2.75) is 25.4 Å². The van der Waals surface area contributed by atoms with E-state index in [-0.39, 0.29) is 18.8 Å². The van der Waals surface area contributed by atoms with Crippen LogP contribution >= 0.6 is 0 Å². The van der Waals surface area contributed by atoms with E-state index >= 15 is 0 Å². The fourth-order valence-electron chi connectivity index (χ4n) is 1.65. The van der Waals surface area contributed by atoms with Crippen molar-refractivity contribution in [1.82, 2.24) is 19.6 Å². The summed E-state index contributed by atoms with van der Waals surface area (Å²) in [6.07, 6.45) is -2.41. The molecular formula is C10H10F3N5O3. The molecule has 11 heteroatoms. The molecule has 1 unspecified atom stereocenters. The number of alkyl halides is 3. The Bertz CT molecular complexity index is 636. The first-order valence-corrected chi connectivity index (χ1v) is 5.71. The highest BCUT2D eigenvalue weighted by atomic mass is 19.4. The number of hydrogen-bond acceptors (Lipinski definition) is 5. The third kappa shape index (κ3) is 3.78. The lowest BCUT2D eigenvalue weighted by Crippen LogP contribution is -2.23. The molecule has 0 fully saturated rings. The number of aliphatic hydroxyl groups excluding tert-OH is 1. The number of rotatable bonds is 5. The van der Waals surface area contributed by atoms with Gasteiger partial charge in [0.15, 0.2) is 5.69 Å². The molecule has 0 radical (unpaired) electrons. The summed E-state index contributed by atoms with van der Waals surface area (Å²) in [6.45, 7) is -0.293. The summed E-state index contributed by atoms with van der Waals surface area (Å²) in [5, 5.41) is 27.2. The van der Waals surface area contributed by atoms with Gasteiger partial charge in [0, 0.05) is 6.20 Å². The van der Waals surface area contributed by atoms with Gasteiger partial charge in [-0.3, -0.25) is 19.5 Å². The van der Waals surface area contributed by atoms with Crippen LogP contribution in [0.1, 0.15) is 5.69 Å². The summed E-state index contributed by atoms with van der Waals surface area (Å²) in [6, 6.07) is 0.797. The fraction of sp³-hybridized carbons (Fsp3) is 0.400. The number of nitrogens with zero attached hydrogens (tertiary/aromatic N) is 5. The van der Waals surface area contributed by atoms with Crippen LogP contribution in [-0.2, 0) is 19.3 Å². The Balaban J connectivity index is 1.96. The first-order chi connectivity index (χ1) is 9.75. The Hall–Kier alpha value is -2.43. The van der Waals surface area contributed by atoms with Crippen LogP contribution in [0.3, 0.4) is 0 Å². The monoisotopic (exact) mass is 305 g/mol. The van der Waals surface area contributed by atoms with Crippen LogP contribution in [-0.4, -0.2) is 35.7 Å². The summed E-state index contributed by atoms with van der Waals surface area (Å²) in [4.78, 5) is 9.82. The number of aromatic nitrogens is 4. The summed E-state index contributed by atoms with van der Waals surface area (Å²) >= 11 is 0. The molecular weight excluding hydrogens is 295 g/mol. The van der Waals surface area contributed by atoms with E-state index in [1.807, 2.05) is 0 Å². The van der Waals surface area contributed by atoms with Gasteiger partial charge in [-0.2, -0.15) is 23.4 Å². The highest BCUT2D eigenvalue weighted by Gasteiger charge is 2.33. The number of halogens is 3. The molecule has 114 valence electrons. The molecule has 0 amide bonds. The van der Waals surface area contributed by atoms with Gasteiger partial charge in [-0.1, -0.05) is 0 Å². The van der Waals surface area contributed by atoms with Crippen molar-refractivity contribution >= 4 is 5.69 Å². The van der Waals surface area contributed by atoms with Gasteiger partial charge < -0.3 is 5.11 Å². The number of nitro groups is 1. The normalized spacial score (nSPS) is 13.3. The summed E-state index contributed by atoms with van der Waals surface area (Å²) < 4.78 is 39.1. The van der Waals surface area contributed by atoms with E-state index in [4.69, 9.17) is 0 Å². The molecule has 2 aromatic heterocycles. The first kappa shape index (κ1) is 15.0. The minimum atomic E-state index is -4.54. The van der Waals surface area contributed by atoms with E-state index in [1.54, 1.807) is 0 Å². The SMILES string of the molecule is O=[N+]([O-])c1cnn(CC(O)Cn2ccc(C(F)(F)F)n2)c1. The van der Waals surface area contributed by atoms with Gasteiger partial charge in [0.1, 0.15) is 12.4 Å². The van der Waals surface area contributed by atoms with Crippen LogP contribution in [0.15, 0.2) is 24.7 Å². The highest BCUT2D eigenvalue weighted by Crippen LogP contribution is 2.27. The van der Waals surface area contributed by atoms with Crippen molar-refractivity contribution in [3.63, 3.8) is 0 Å². The van der Waals surface area contributed by atoms with E-state index in [0.717, 1.165) is 34.0 Å². The standard InChI is InChI=1S/C10H10F3N5O3/c11-10(12,13)9-1-2-16(15-9)5-8(19)6-17-4-7(3-14-17)18(20)21/h1-4,8,19H,5-6H2. The maximum atomic E-state index is 12.3. The van der Waals surface area contributed by atoms with E-state index in [1.165, 1.54) is 0 Å². The third-order valence-electron chi connectivity index (χ3n) is 2.56. The molecule has 0 aliphatic rings. The molecule has 0 bridgehead atoms. The topological polar surface area (TPSA) is 99.0 Å². The maximum absolute atomic E-state index is 12.3. The zero-order valence-corrected chi connectivity index (χ0v) is 10.4. The molecule has 0 aliphatic heterocycles. The van der Waals surface area contributed by atoms with Crippen molar-refractivity contribution in [3.05, 3.63) is 40.5 Å². The van der Waals surface area contributed by atoms with Crippen LogP contribution in [0.2, 0.25) is 0 Å². The maximum Gasteiger partial charge on any atom is 0.435 e. The Morgan fingerprint density at radius 3 is 2.57 bits per heavy atom. The Labute approximate surface area is 115 Å². The van der Waals surface area contributed by atoms with Crippen molar-refractivity contribution in [2.24, 2.45) is 0 Å². The van der Waals surface area contributed by atoms with Crippen LogP contribution < -0.4 is 0 Å². The van der Waals surface area contributed by atoms with Crippen LogP contribution in [0, 0.1) is 10.1 Å². The zero-order chi connectivity index (χ0) is 15.6. The van der Waals surface area contributed by atoms with Crippen molar-refractivity contribution in [3.8, 4) is 0 Å². The van der Waals surface area contributed by atoms with Gasteiger partial charge in [-0.25, -0.2) is 0 Å². The molecule has 2 heterocycles. The Morgan fingerprint density at radius 1 is 1.38 bits per heavy atom. The summed E-state index contributed by atoms with van der Waals surface area (Å²) in [5.41, 5.74) is -1.29. The molecule has 2 rings (SSSR count). The van der Waals surface area contributed by atoms with Gasteiger partial charge in [0.05, 0.1) is 24.1 Å². The summed E-state index contributed by atoms with van der Waals surface area (Å²) in [5.74, 6) is 0. The van der Waals surface area contributed by atoms with Crippen molar-refractivity contribution < 1.29 is 23.2 Å². The summed E-state index contributed by atoms with van der Waals surface area (Å²) in [7, 11) is 0. The van der Waals surface area contributed by atoms with E-state index in [0.29, 0.717) is 0 Å². The van der Waals surface area contributed by atoms with Crippen LogP contribution in [0.25, 0.3) is 0 Å². The molecule has 0 spiro atoms. The van der Waals surface area contributed by atoms with Gasteiger partial charge in [-0.15, -0.1) is 0 Å². The molecule has 0 aromatic carbocycles. The predicted octanol–water partition coefficient (Wildman–Crippen LogP) is 1.07. The minimum absolute atomic E-state index is 0.102. The van der Waals surface area contributed by atoms with Gasteiger partial charge in [-0.05, 0) is 6.07 Å². The second-order valence-electron chi connectivity index (χ2n) is 4.25. The quantitative estimate of drug-likeness (QED) is 0.658. The molecule has 0 saturated carbocycles. The highest BCUT2D eigenvalue weighted by molar-refractivity contribution is 5.20. The molecule has 1 N–H and O–H groups in total. The lowest BCUT2D eigenvalue weighted by atomic mass is 10.3. The van der Waals surface area contributed by atoms with Crippen molar-refractivity contribution in [2.75, 3.05) is 0 Å². The third-order valence-corrected chi connectivity index (χ3v) is 2.56. The smallest absolute Gasteiger partial charge is 0.389 e.